The van der Waals surface area contributed by atoms with Gasteiger partial charge in [-0.15, -0.1) is 0 Å². The van der Waals surface area contributed by atoms with Gasteiger partial charge in [-0.25, -0.2) is 14.2 Å². The molecule has 0 spiro atoms. The molecule has 0 aliphatic carbocycles. The average Bonchev–Trinajstić information content (AvgIpc) is 3.24. The SMILES string of the molecule is COc1cc(C(=O)O)cc(-n2c(=O)[nH]c3cc(Cl)n(-c4ccc(-c5cccc(OC)c5O)cc4)c3c2=O)c1. The Morgan fingerprint density at radius 1 is 0.921 bits per heavy atom. The van der Waals surface area contributed by atoms with E-state index in [1.807, 2.05) is 0 Å². The first-order valence-corrected chi connectivity index (χ1v) is 11.6. The van der Waals surface area contributed by atoms with E-state index in [0.717, 1.165) is 4.57 Å². The number of carboxylic acid groups (broad SMARTS) is 1. The number of carbonyl (C=O) groups is 1. The number of hydrogen-bond acceptors (Lipinski definition) is 6. The topological polar surface area (TPSA) is 136 Å². The maximum Gasteiger partial charge on any atom is 0.335 e. The van der Waals surface area contributed by atoms with E-state index in [9.17, 15) is 24.6 Å². The number of benzene rings is 3. The van der Waals surface area contributed by atoms with Gasteiger partial charge < -0.3 is 24.7 Å². The number of H-pyrrole nitrogens is 1. The molecule has 11 heteroatoms. The van der Waals surface area contributed by atoms with Crippen LogP contribution in [0.4, 0.5) is 0 Å². The van der Waals surface area contributed by atoms with Gasteiger partial charge in [0, 0.05) is 17.3 Å². The quantitative estimate of drug-likeness (QED) is 0.297. The van der Waals surface area contributed by atoms with Gasteiger partial charge in [0.2, 0.25) is 0 Å². The summed E-state index contributed by atoms with van der Waals surface area (Å²) in [5.74, 6) is -0.758. The molecular formula is C27H20ClN3O7. The third-order valence-electron chi connectivity index (χ3n) is 6.09. The van der Waals surface area contributed by atoms with Crippen LogP contribution in [0.25, 0.3) is 33.5 Å². The monoisotopic (exact) mass is 533 g/mol. The van der Waals surface area contributed by atoms with Gasteiger partial charge in [-0.1, -0.05) is 35.9 Å². The lowest BCUT2D eigenvalue weighted by Crippen LogP contribution is -2.34. The molecule has 0 aliphatic heterocycles. The number of methoxy groups -OCH3 is 2. The highest BCUT2D eigenvalue weighted by atomic mass is 35.5. The van der Waals surface area contributed by atoms with Gasteiger partial charge in [0.15, 0.2) is 11.5 Å². The van der Waals surface area contributed by atoms with Crippen molar-refractivity contribution in [3.05, 3.63) is 98.3 Å². The summed E-state index contributed by atoms with van der Waals surface area (Å²) in [4.78, 5) is 40.8. The Kier molecular flexibility index (Phi) is 6.17. The molecular weight excluding hydrogens is 514 g/mol. The van der Waals surface area contributed by atoms with Gasteiger partial charge in [0.05, 0.1) is 31.0 Å². The number of aromatic amines is 1. The third kappa shape index (κ3) is 4.06. The van der Waals surface area contributed by atoms with E-state index in [0.29, 0.717) is 22.6 Å². The first-order valence-electron chi connectivity index (χ1n) is 11.2. The van der Waals surface area contributed by atoms with Crippen molar-refractivity contribution < 1.29 is 24.5 Å². The fourth-order valence-electron chi connectivity index (χ4n) is 4.31. The van der Waals surface area contributed by atoms with E-state index < -0.39 is 17.2 Å². The highest BCUT2D eigenvalue weighted by Gasteiger charge is 2.19. The molecule has 0 fully saturated rings. The lowest BCUT2D eigenvalue weighted by Gasteiger charge is -2.12. The van der Waals surface area contributed by atoms with Crippen LogP contribution in [0.2, 0.25) is 5.15 Å². The lowest BCUT2D eigenvalue weighted by molar-refractivity contribution is 0.0696. The van der Waals surface area contributed by atoms with Crippen LogP contribution < -0.4 is 20.7 Å². The van der Waals surface area contributed by atoms with E-state index in [4.69, 9.17) is 21.1 Å². The number of phenolic OH excluding ortho intramolecular Hbond substituents is 1. The Bertz CT molecular complexity index is 1840. The summed E-state index contributed by atoms with van der Waals surface area (Å²) in [6.45, 7) is 0. The first kappa shape index (κ1) is 24.7. The standard InChI is InChI=1S/C27H20ClN3O7/c1-37-18-11-15(26(34)35)10-17(12-18)31-25(33)23-20(29-27(31)36)13-22(28)30(23)16-8-6-14(7-9-16)19-4-3-5-21(38-2)24(19)32/h3-13,32H,1-2H3,(H,29,36)(H,34,35). The van der Waals surface area contributed by atoms with E-state index in [1.165, 1.54) is 43.1 Å². The number of aromatic hydroxyl groups is 1. The molecule has 5 aromatic rings. The molecule has 0 radical (unpaired) electrons. The van der Waals surface area contributed by atoms with Crippen LogP contribution in [0, 0.1) is 0 Å². The molecule has 38 heavy (non-hydrogen) atoms. The molecule has 10 nitrogen and oxygen atoms in total. The normalized spacial score (nSPS) is 11.0. The molecule has 3 aromatic carbocycles. The zero-order valence-electron chi connectivity index (χ0n) is 20.1. The minimum Gasteiger partial charge on any atom is -0.504 e. The Morgan fingerprint density at radius 2 is 1.66 bits per heavy atom. The number of nitrogens with one attached hydrogen (secondary N) is 1. The Morgan fingerprint density at radius 3 is 2.32 bits per heavy atom. The number of ether oxygens (including phenoxy) is 2. The second-order valence-corrected chi connectivity index (χ2v) is 8.65. The predicted molar refractivity (Wildman–Crippen MR) is 142 cm³/mol. The van der Waals surface area contributed by atoms with Crippen molar-refractivity contribution >= 4 is 28.6 Å². The van der Waals surface area contributed by atoms with Gasteiger partial charge in [-0.3, -0.25) is 9.36 Å². The number of para-hydroxylation sites is 1. The molecule has 0 bridgehead atoms. The number of carboxylic acids is 1. The summed E-state index contributed by atoms with van der Waals surface area (Å²) < 4.78 is 12.6. The van der Waals surface area contributed by atoms with Crippen molar-refractivity contribution in [3.63, 3.8) is 0 Å². The van der Waals surface area contributed by atoms with Crippen molar-refractivity contribution in [2.45, 2.75) is 0 Å². The highest BCUT2D eigenvalue weighted by Crippen LogP contribution is 2.37. The summed E-state index contributed by atoms with van der Waals surface area (Å²) in [5.41, 5.74) is 0.421. The van der Waals surface area contributed by atoms with Crippen LogP contribution in [-0.4, -0.2) is 44.5 Å². The molecule has 5 rings (SSSR count). The molecule has 2 aromatic heterocycles. The summed E-state index contributed by atoms with van der Waals surface area (Å²) in [5, 5.41) is 20.1. The fraction of sp³-hybridized carbons (Fsp3) is 0.0741. The summed E-state index contributed by atoms with van der Waals surface area (Å²) in [7, 11) is 2.81. The summed E-state index contributed by atoms with van der Waals surface area (Å²) in [6.07, 6.45) is 0. The molecule has 0 unspecified atom stereocenters. The summed E-state index contributed by atoms with van der Waals surface area (Å²) in [6, 6.07) is 17.4. The van der Waals surface area contributed by atoms with Gasteiger partial charge >= 0.3 is 11.7 Å². The molecule has 192 valence electrons. The van der Waals surface area contributed by atoms with Crippen molar-refractivity contribution in [1.29, 1.82) is 0 Å². The number of halogens is 1. The maximum absolute atomic E-state index is 13.7. The lowest BCUT2D eigenvalue weighted by atomic mass is 10.0. The van der Waals surface area contributed by atoms with Gasteiger partial charge in [0.1, 0.15) is 16.4 Å². The number of fused-ring (bicyclic) bond motifs is 1. The molecule has 2 heterocycles. The molecule has 0 saturated carbocycles. The Hall–Kier alpha value is -4.96. The second kappa shape index (κ2) is 9.49. The van der Waals surface area contributed by atoms with Crippen LogP contribution >= 0.6 is 11.6 Å². The van der Waals surface area contributed by atoms with Crippen molar-refractivity contribution in [3.8, 4) is 39.8 Å². The van der Waals surface area contributed by atoms with Crippen molar-refractivity contribution in [1.82, 2.24) is 14.1 Å². The second-order valence-electron chi connectivity index (χ2n) is 8.26. The van der Waals surface area contributed by atoms with E-state index in [1.54, 1.807) is 42.5 Å². The van der Waals surface area contributed by atoms with Crippen molar-refractivity contribution in [2.24, 2.45) is 0 Å². The first-order chi connectivity index (χ1) is 18.2. The molecule has 0 aliphatic rings. The predicted octanol–water partition coefficient (Wildman–Crippen LogP) is 4.21. The minimum atomic E-state index is -1.25. The van der Waals surface area contributed by atoms with Gasteiger partial charge in [-0.2, -0.15) is 0 Å². The number of hydrogen-bond donors (Lipinski definition) is 3. The van der Waals surface area contributed by atoms with Crippen LogP contribution in [0.1, 0.15) is 10.4 Å². The fourth-order valence-corrected chi connectivity index (χ4v) is 4.60. The van der Waals surface area contributed by atoms with E-state index in [2.05, 4.69) is 4.98 Å². The van der Waals surface area contributed by atoms with Gasteiger partial charge in [0.25, 0.3) is 5.56 Å². The van der Waals surface area contributed by atoms with Crippen LogP contribution in [0.3, 0.4) is 0 Å². The van der Waals surface area contributed by atoms with E-state index >= 15 is 0 Å². The number of aromatic carboxylic acids is 1. The van der Waals surface area contributed by atoms with Crippen LogP contribution in [-0.2, 0) is 0 Å². The molecule has 3 N–H and O–H groups in total. The number of aromatic nitrogens is 3. The van der Waals surface area contributed by atoms with Gasteiger partial charge in [-0.05, 0) is 42.0 Å². The maximum atomic E-state index is 13.7. The number of phenols is 1. The minimum absolute atomic E-state index is 0.00771. The molecule has 0 saturated heterocycles. The molecule has 0 atom stereocenters. The summed E-state index contributed by atoms with van der Waals surface area (Å²) >= 11 is 6.50. The zero-order chi connectivity index (χ0) is 27.1. The zero-order valence-corrected chi connectivity index (χ0v) is 20.8. The average molecular weight is 534 g/mol. The van der Waals surface area contributed by atoms with Crippen LogP contribution in [0.5, 0.6) is 17.2 Å². The largest absolute Gasteiger partial charge is 0.504 e. The van der Waals surface area contributed by atoms with Crippen LogP contribution in [0.15, 0.2) is 76.3 Å². The Balaban J connectivity index is 1.69. The van der Waals surface area contributed by atoms with E-state index in [-0.39, 0.29) is 38.9 Å². The third-order valence-corrected chi connectivity index (χ3v) is 6.37. The number of rotatable bonds is 6. The smallest absolute Gasteiger partial charge is 0.335 e. The molecule has 0 amide bonds. The Labute approximate surface area is 219 Å². The highest BCUT2D eigenvalue weighted by molar-refractivity contribution is 6.31. The van der Waals surface area contributed by atoms with Crippen molar-refractivity contribution in [2.75, 3.05) is 14.2 Å². The number of nitrogens with zero attached hydrogens (tertiary/aromatic N) is 2.